The van der Waals surface area contributed by atoms with E-state index in [1.165, 1.54) is 149 Å². The Balaban J connectivity index is 0.000000360. The SMILES string of the molecule is CCC(C)(C)C(=O)OC1CCCCC1.CCC(C)(C)C(=O)OC1CCCCC1.CCC(C)c1ccc(O)cc1.CCC(C)c1ccc(O)cc1.CCC(C)c1ccc(OC(C)OC2CCCCC2)cc1.CCC(C)c1ccc(OCOC2CCCCC2)cc1.CCOC(C)Oc1ccc(C(C)CC)cc1.CCOC(C)Oc1ccc(C(C)CC)cc1. The summed E-state index contributed by atoms with van der Waals surface area (Å²) < 4.78 is 56.1. The van der Waals surface area contributed by atoms with Crippen LogP contribution in [0.5, 0.6) is 34.5 Å². The smallest absolute Gasteiger partial charge is 0.311 e. The van der Waals surface area contributed by atoms with Gasteiger partial charge in [-0.25, -0.2) is 0 Å². The van der Waals surface area contributed by atoms with E-state index in [1.54, 1.807) is 24.3 Å². The summed E-state index contributed by atoms with van der Waals surface area (Å²) in [6, 6.07) is 48.3. The second-order valence-corrected chi connectivity index (χ2v) is 35.2. The van der Waals surface area contributed by atoms with E-state index < -0.39 is 0 Å². The van der Waals surface area contributed by atoms with Crippen LogP contribution in [0.1, 0.15) is 408 Å². The Morgan fingerprint density at radius 2 is 0.545 bits per heavy atom. The van der Waals surface area contributed by atoms with Gasteiger partial charge in [0.25, 0.3) is 0 Å². The Labute approximate surface area is 737 Å². The molecule has 682 valence electrons. The van der Waals surface area contributed by atoms with Crippen molar-refractivity contribution in [3.05, 3.63) is 179 Å². The average Bonchev–Trinajstić information content (AvgIpc) is 0.888. The van der Waals surface area contributed by atoms with Crippen LogP contribution in [0.2, 0.25) is 0 Å². The minimum atomic E-state index is -0.308. The predicted molar refractivity (Wildman–Crippen MR) is 503 cm³/mol. The molecule has 4 saturated carbocycles. The Bertz CT molecular complexity index is 3360. The predicted octanol–water partition coefficient (Wildman–Crippen LogP) is 30.5. The molecule has 6 aromatic rings. The molecule has 121 heavy (non-hydrogen) atoms. The molecule has 0 aliphatic heterocycles. The summed E-state index contributed by atoms with van der Waals surface area (Å²) in [6.07, 6.45) is 33.6. The van der Waals surface area contributed by atoms with E-state index in [0.717, 1.165) is 87.2 Å². The van der Waals surface area contributed by atoms with Gasteiger partial charge in [-0.15, -0.1) is 0 Å². The molecule has 6 aromatic carbocycles. The summed E-state index contributed by atoms with van der Waals surface area (Å²) in [7, 11) is 0. The molecule has 0 aromatic heterocycles. The maximum Gasteiger partial charge on any atom is 0.311 e. The van der Waals surface area contributed by atoms with Crippen molar-refractivity contribution in [3.63, 3.8) is 0 Å². The first-order valence-electron chi connectivity index (χ1n) is 47.4. The fraction of sp³-hybridized carbons (Fsp3) is 0.645. The highest BCUT2D eigenvalue weighted by molar-refractivity contribution is 5.76. The van der Waals surface area contributed by atoms with Crippen molar-refractivity contribution in [3.8, 4) is 34.5 Å². The molecule has 2 N–H and O–H groups in total. The zero-order valence-electron chi connectivity index (χ0n) is 80.1. The van der Waals surface area contributed by atoms with Crippen molar-refractivity contribution in [1.82, 2.24) is 0 Å². The van der Waals surface area contributed by atoms with Crippen molar-refractivity contribution in [2.45, 2.75) is 418 Å². The highest BCUT2D eigenvalue weighted by atomic mass is 16.7. The zero-order chi connectivity index (χ0) is 89.6. The van der Waals surface area contributed by atoms with Crippen LogP contribution in [-0.4, -0.2) is 85.4 Å². The van der Waals surface area contributed by atoms with E-state index in [9.17, 15) is 9.59 Å². The molecule has 4 aliphatic rings. The number of hydrogen-bond donors (Lipinski definition) is 2. The number of hydrogen-bond acceptors (Lipinski definition) is 14. The molecule has 0 bridgehead atoms. The Morgan fingerprint density at radius 1 is 0.314 bits per heavy atom. The second-order valence-electron chi connectivity index (χ2n) is 35.2. The number of benzene rings is 6. The lowest BCUT2D eigenvalue weighted by molar-refractivity contribution is -0.162. The molecule has 0 radical (unpaired) electrons. The Kier molecular flexibility index (Phi) is 55.5. The molecule has 0 heterocycles. The quantitative estimate of drug-likeness (QED) is 0.0289. The van der Waals surface area contributed by atoms with Gasteiger partial charge in [-0.3, -0.25) is 9.59 Å². The van der Waals surface area contributed by atoms with E-state index in [4.69, 9.17) is 57.6 Å². The molecule has 9 unspecified atom stereocenters. The summed E-state index contributed by atoms with van der Waals surface area (Å²) >= 11 is 0. The molecule has 10 rings (SSSR count). The Morgan fingerprint density at radius 3 is 0.793 bits per heavy atom. The van der Waals surface area contributed by atoms with Crippen molar-refractivity contribution in [2.24, 2.45) is 10.8 Å². The monoisotopic (exact) mass is 1680 g/mol. The number of rotatable bonds is 34. The van der Waals surface area contributed by atoms with Gasteiger partial charge in [0, 0.05) is 13.2 Å². The van der Waals surface area contributed by atoms with Crippen molar-refractivity contribution in [2.75, 3.05) is 20.0 Å². The number of carbonyl (C=O) groups excluding carboxylic acids is 2. The fourth-order valence-corrected chi connectivity index (χ4v) is 13.9. The lowest BCUT2D eigenvalue weighted by Crippen LogP contribution is -2.31. The minimum absolute atomic E-state index is 0.0214. The standard InChI is InChI=1S/C18H28O2.C17H26O2.2C14H22O2.2C12H22O2.2C10H14O/c1-4-14(2)16-10-12-18(13-11-16)20-15(3)19-17-8-6-5-7-9-17;1-3-14(2)15-9-11-17(12-10-15)19-13-18-16-7-5-4-6-8-16;2*1-5-11(3)13-7-9-14(10-8-13)16-12(4)15-6-2;2*1-4-12(2,3)11(13)14-10-8-6-5-7-9-10;2*1-3-8(2)9-4-6-10(11)7-5-9/h10-15,17H,4-9H2,1-3H3;9-12,14,16H,3-8,13H2,1-2H3;2*7-12H,5-6H2,1-4H3;2*10H,4-9H2,1-3H3;2*4-8,11H,3H2,1-2H3. The van der Waals surface area contributed by atoms with Gasteiger partial charge in [0.2, 0.25) is 0 Å². The third-order valence-electron chi connectivity index (χ3n) is 24.6. The van der Waals surface area contributed by atoms with E-state index in [2.05, 4.69) is 144 Å². The van der Waals surface area contributed by atoms with Crippen LogP contribution in [0.15, 0.2) is 146 Å². The zero-order valence-corrected chi connectivity index (χ0v) is 80.1. The number of ether oxygens (including phenoxy) is 10. The topological polar surface area (TPSA) is 167 Å². The van der Waals surface area contributed by atoms with Gasteiger partial charge >= 0.3 is 11.9 Å². The maximum absolute atomic E-state index is 11.7. The number of phenols is 2. The largest absolute Gasteiger partial charge is 0.508 e. The van der Waals surface area contributed by atoms with Crippen LogP contribution < -0.4 is 18.9 Å². The number of carbonyl (C=O) groups is 2. The highest BCUT2D eigenvalue weighted by Gasteiger charge is 2.32. The second kappa shape index (κ2) is 62.1. The van der Waals surface area contributed by atoms with Gasteiger partial charge in [-0.1, -0.05) is 221 Å². The molecular formula is C107H170O14. The molecule has 0 amide bonds. The van der Waals surface area contributed by atoms with Crippen molar-refractivity contribution >= 4 is 11.9 Å². The van der Waals surface area contributed by atoms with Gasteiger partial charge in [-0.05, 0) is 332 Å². The summed E-state index contributed by atoms with van der Waals surface area (Å²) in [6.45, 7) is 49.9. The van der Waals surface area contributed by atoms with E-state index in [0.29, 0.717) is 79.2 Å². The fourth-order valence-electron chi connectivity index (χ4n) is 13.9. The van der Waals surface area contributed by atoms with Gasteiger partial charge in [0.1, 0.15) is 46.7 Å². The van der Waals surface area contributed by atoms with Crippen LogP contribution in [0.3, 0.4) is 0 Å². The summed E-state index contributed by atoms with van der Waals surface area (Å²) in [5.41, 5.74) is 7.45. The minimum Gasteiger partial charge on any atom is -0.508 e. The van der Waals surface area contributed by atoms with Crippen molar-refractivity contribution < 1.29 is 67.2 Å². The van der Waals surface area contributed by atoms with E-state index >= 15 is 0 Å². The van der Waals surface area contributed by atoms with Gasteiger partial charge < -0.3 is 57.6 Å². The van der Waals surface area contributed by atoms with Gasteiger partial charge in [0.05, 0.1) is 23.0 Å². The summed E-state index contributed by atoms with van der Waals surface area (Å²) in [4.78, 5) is 23.5. The van der Waals surface area contributed by atoms with E-state index in [1.807, 2.05) is 137 Å². The molecule has 14 nitrogen and oxygen atoms in total. The molecule has 0 spiro atoms. The molecule has 4 fully saturated rings. The molecule has 9 atom stereocenters. The average molecular weight is 1680 g/mol. The van der Waals surface area contributed by atoms with Crippen LogP contribution in [0, 0.1) is 10.8 Å². The maximum atomic E-state index is 11.7. The van der Waals surface area contributed by atoms with Crippen LogP contribution in [0.4, 0.5) is 0 Å². The molecule has 4 aliphatic carbocycles. The van der Waals surface area contributed by atoms with Gasteiger partial charge in [-0.2, -0.15) is 0 Å². The first-order valence-corrected chi connectivity index (χ1v) is 47.4. The van der Waals surface area contributed by atoms with Crippen molar-refractivity contribution in [1.29, 1.82) is 0 Å². The van der Waals surface area contributed by atoms with Gasteiger partial charge in [0.15, 0.2) is 25.7 Å². The first-order chi connectivity index (χ1) is 57.9. The lowest BCUT2D eigenvalue weighted by Gasteiger charge is -2.27. The number of aromatic hydroxyl groups is 2. The van der Waals surface area contributed by atoms with Crippen LogP contribution in [-0.2, 0) is 38.0 Å². The molecule has 0 saturated heterocycles. The summed E-state index contributed by atoms with van der Waals surface area (Å²) in [5, 5.41) is 18.0. The summed E-state index contributed by atoms with van der Waals surface area (Å²) in [5.74, 6) is 7.83. The Hall–Kier alpha value is -7.10. The number of esters is 2. The number of phenolic OH excluding ortho intramolecular Hbond substituents is 2. The normalized spacial score (nSPS) is 16.8. The lowest BCUT2D eigenvalue weighted by atomic mass is 9.90. The van der Waals surface area contributed by atoms with Crippen LogP contribution in [0.25, 0.3) is 0 Å². The molecule has 14 heteroatoms. The highest BCUT2D eigenvalue weighted by Crippen LogP contribution is 2.33. The third kappa shape index (κ3) is 45.4. The first kappa shape index (κ1) is 108. The third-order valence-corrected chi connectivity index (χ3v) is 24.6. The molecular weight excluding hydrogens is 1510 g/mol. The van der Waals surface area contributed by atoms with Crippen LogP contribution >= 0.6 is 0 Å². The van der Waals surface area contributed by atoms with E-state index in [-0.39, 0.29) is 53.8 Å².